The van der Waals surface area contributed by atoms with Crippen molar-refractivity contribution in [3.63, 3.8) is 0 Å². The first kappa shape index (κ1) is 38.6. The second-order valence-corrected chi connectivity index (χ2v) is 18.2. The Bertz CT molecular complexity index is 4300. The van der Waals surface area contributed by atoms with E-state index >= 15 is 0 Å². The number of furan rings is 2. The summed E-state index contributed by atoms with van der Waals surface area (Å²) >= 11 is 0. The Morgan fingerprint density at radius 1 is 0.257 bits per heavy atom. The van der Waals surface area contributed by atoms with E-state index in [1.807, 2.05) is 24.5 Å². The SMILES string of the molecule is c1ccc(-n2c3ccc(-c4cccc(-c5ccc6c(c5)c5cc(-c7ccc8c(c7)oc7ccncc78)ccc5n6-c5ccccc5)c4)cc3c3cc(-c4ccc5c(c4)oc4ccncc45)ccc32)cc1. The van der Waals surface area contributed by atoms with E-state index < -0.39 is 0 Å². The number of rotatable bonds is 6. The number of pyridine rings is 2. The first-order chi connectivity index (χ1) is 34.7. The van der Waals surface area contributed by atoms with E-state index in [4.69, 9.17) is 8.83 Å². The lowest BCUT2D eigenvalue weighted by molar-refractivity contribution is 0.668. The highest BCUT2D eigenvalue weighted by atomic mass is 16.3. The molecule has 6 nitrogen and oxygen atoms in total. The van der Waals surface area contributed by atoms with Crippen LogP contribution in [0, 0.1) is 0 Å². The van der Waals surface area contributed by atoms with E-state index in [0.29, 0.717) is 0 Å². The topological polar surface area (TPSA) is 61.9 Å². The Kier molecular flexibility index (Phi) is 8.26. The van der Waals surface area contributed by atoms with E-state index in [-0.39, 0.29) is 0 Å². The molecule has 0 fully saturated rings. The molecule has 0 bridgehead atoms. The molecular weight excluding hydrogens is 857 g/mol. The minimum absolute atomic E-state index is 0.845. The van der Waals surface area contributed by atoms with Gasteiger partial charge in [0.25, 0.3) is 0 Å². The molecule has 70 heavy (non-hydrogen) atoms. The molecule has 0 amide bonds. The molecule has 6 heteroatoms. The number of nitrogens with zero attached hydrogens (tertiary/aromatic N) is 4. The van der Waals surface area contributed by atoms with E-state index in [0.717, 1.165) is 122 Å². The Morgan fingerprint density at radius 3 is 1.01 bits per heavy atom. The van der Waals surface area contributed by atoms with Crippen molar-refractivity contribution in [2.24, 2.45) is 0 Å². The molecule has 0 aliphatic rings. The summed E-state index contributed by atoms with van der Waals surface area (Å²) in [5.74, 6) is 0. The summed E-state index contributed by atoms with van der Waals surface area (Å²) in [7, 11) is 0. The number of benzene rings is 9. The van der Waals surface area contributed by atoms with Crippen molar-refractivity contribution in [1.29, 1.82) is 0 Å². The molecule has 9 aromatic carbocycles. The van der Waals surface area contributed by atoms with Gasteiger partial charge in [-0.1, -0.05) is 91.0 Å². The van der Waals surface area contributed by atoms with Gasteiger partial charge in [-0.3, -0.25) is 9.97 Å². The second kappa shape index (κ2) is 15.0. The molecule has 0 radical (unpaired) electrons. The maximum atomic E-state index is 6.29. The number of aromatic nitrogens is 4. The predicted molar refractivity (Wildman–Crippen MR) is 287 cm³/mol. The van der Waals surface area contributed by atoms with Crippen LogP contribution in [0.3, 0.4) is 0 Å². The van der Waals surface area contributed by atoms with E-state index in [1.165, 1.54) is 21.5 Å². The summed E-state index contributed by atoms with van der Waals surface area (Å²) in [5, 5.41) is 8.97. The standard InChI is InChI=1S/C64H38N4O2/c1-3-10-47(11-4-1)67-57-22-16-41(31-51(57)53-33-43(18-24-59(53)67)45-14-20-49-55-37-65-28-26-61(55)69-63(49)35-45)39-8-7-9-40(30-39)42-17-23-58-52(32-42)54-34-44(19-25-60(54)68(58)48-12-5-2-6-13-48)46-15-21-50-56-38-66-29-27-62(56)70-64(50)36-46/h1-38H. The Balaban J connectivity index is 0.856. The van der Waals surface area contributed by atoms with Gasteiger partial charge in [0.1, 0.15) is 22.3 Å². The van der Waals surface area contributed by atoms with Gasteiger partial charge in [-0.25, -0.2) is 0 Å². The van der Waals surface area contributed by atoms with Gasteiger partial charge in [0.2, 0.25) is 0 Å². The smallest absolute Gasteiger partial charge is 0.138 e. The predicted octanol–water partition coefficient (Wildman–Crippen LogP) is 17.1. The van der Waals surface area contributed by atoms with Gasteiger partial charge in [-0.2, -0.15) is 0 Å². The first-order valence-electron chi connectivity index (χ1n) is 23.6. The van der Waals surface area contributed by atoms with Gasteiger partial charge in [0.05, 0.1) is 22.1 Å². The Morgan fingerprint density at radius 2 is 0.614 bits per heavy atom. The highest BCUT2D eigenvalue weighted by Crippen LogP contribution is 2.42. The largest absolute Gasteiger partial charge is 0.456 e. The van der Waals surface area contributed by atoms with Crippen LogP contribution in [0.2, 0.25) is 0 Å². The maximum Gasteiger partial charge on any atom is 0.138 e. The van der Waals surface area contributed by atoms with Gasteiger partial charge in [-0.15, -0.1) is 0 Å². The van der Waals surface area contributed by atoms with Crippen molar-refractivity contribution in [3.8, 4) is 55.9 Å². The fraction of sp³-hybridized carbons (Fsp3) is 0. The zero-order valence-corrected chi connectivity index (χ0v) is 37.5. The van der Waals surface area contributed by atoms with Crippen molar-refractivity contribution >= 4 is 87.5 Å². The van der Waals surface area contributed by atoms with Crippen molar-refractivity contribution in [1.82, 2.24) is 19.1 Å². The summed E-state index contributed by atoms with van der Waals surface area (Å²) in [6, 6.07) is 74.6. The van der Waals surface area contributed by atoms with Crippen LogP contribution in [0.4, 0.5) is 0 Å². The van der Waals surface area contributed by atoms with Crippen LogP contribution in [0.1, 0.15) is 0 Å². The fourth-order valence-electron chi connectivity index (χ4n) is 11.0. The van der Waals surface area contributed by atoms with Crippen molar-refractivity contribution in [3.05, 3.63) is 231 Å². The number of fused-ring (bicyclic) bond motifs is 12. The lowest BCUT2D eigenvalue weighted by atomic mass is 9.96. The highest BCUT2D eigenvalue weighted by molar-refractivity contribution is 6.14. The molecule has 0 aliphatic carbocycles. The van der Waals surface area contributed by atoms with E-state index in [1.54, 1.807) is 12.4 Å². The molecule has 0 unspecified atom stereocenters. The first-order valence-corrected chi connectivity index (χ1v) is 23.6. The zero-order chi connectivity index (χ0) is 45.9. The van der Waals surface area contributed by atoms with Crippen LogP contribution in [0.25, 0.3) is 143 Å². The normalized spacial score (nSPS) is 12.0. The summed E-state index contributed by atoms with van der Waals surface area (Å²) in [6.07, 6.45) is 7.31. The van der Waals surface area contributed by atoms with Gasteiger partial charge < -0.3 is 18.0 Å². The van der Waals surface area contributed by atoms with Crippen molar-refractivity contribution < 1.29 is 8.83 Å². The molecule has 6 heterocycles. The summed E-state index contributed by atoms with van der Waals surface area (Å²) in [5.41, 5.74) is 19.4. The molecule has 15 aromatic rings. The van der Waals surface area contributed by atoms with E-state index in [9.17, 15) is 0 Å². The average Bonchev–Trinajstić information content (AvgIpc) is 4.18. The molecule has 0 spiro atoms. The lowest BCUT2D eigenvalue weighted by Gasteiger charge is -2.10. The molecular formula is C64H38N4O2. The van der Waals surface area contributed by atoms with Crippen LogP contribution >= 0.6 is 0 Å². The molecule has 0 saturated carbocycles. The zero-order valence-electron chi connectivity index (χ0n) is 37.5. The summed E-state index contributed by atoms with van der Waals surface area (Å²) < 4.78 is 17.3. The molecule has 0 aliphatic heterocycles. The molecule has 15 rings (SSSR count). The molecule has 0 saturated heterocycles. The number of para-hydroxylation sites is 2. The fourth-order valence-corrected chi connectivity index (χ4v) is 11.0. The third-order valence-corrected chi connectivity index (χ3v) is 14.3. The number of hydrogen-bond donors (Lipinski definition) is 0. The van der Waals surface area contributed by atoms with Crippen LogP contribution < -0.4 is 0 Å². The summed E-state index contributed by atoms with van der Waals surface area (Å²) in [6.45, 7) is 0. The molecule has 6 aromatic heterocycles. The van der Waals surface area contributed by atoms with Crippen LogP contribution in [-0.4, -0.2) is 19.1 Å². The van der Waals surface area contributed by atoms with Crippen molar-refractivity contribution in [2.45, 2.75) is 0 Å². The second-order valence-electron chi connectivity index (χ2n) is 18.2. The maximum absolute atomic E-state index is 6.29. The minimum atomic E-state index is 0.845. The van der Waals surface area contributed by atoms with Crippen molar-refractivity contribution in [2.75, 3.05) is 0 Å². The van der Waals surface area contributed by atoms with Gasteiger partial charge >= 0.3 is 0 Å². The third kappa shape index (κ3) is 5.93. The Labute approximate surface area is 400 Å². The lowest BCUT2D eigenvalue weighted by Crippen LogP contribution is -1.93. The molecule has 326 valence electrons. The molecule has 0 atom stereocenters. The summed E-state index contributed by atoms with van der Waals surface area (Å²) in [4.78, 5) is 8.68. The quantitative estimate of drug-likeness (QED) is 0.167. The number of hydrogen-bond acceptors (Lipinski definition) is 4. The highest BCUT2D eigenvalue weighted by Gasteiger charge is 2.19. The van der Waals surface area contributed by atoms with Crippen LogP contribution in [0.5, 0.6) is 0 Å². The van der Waals surface area contributed by atoms with Gasteiger partial charge in [-0.05, 0) is 160 Å². The average molecular weight is 895 g/mol. The van der Waals surface area contributed by atoms with E-state index in [2.05, 4.69) is 213 Å². The third-order valence-electron chi connectivity index (χ3n) is 14.3. The van der Waals surface area contributed by atoms with Crippen LogP contribution in [-0.2, 0) is 0 Å². The van der Waals surface area contributed by atoms with Gasteiger partial charge in [0.15, 0.2) is 0 Å². The van der Waals surface area contributed by atoms with Gasteiger partial charge in [0, 0.05) is 79.3 Å². The molecule has 0 N–H and O–H groups in total. The van der Waals surface area contributed by atoms with Crippen LogP contribution in [0.15, 0.2) is 240 Å². The monoisotopic (exact) mass is 894 g/mol. The minimum Gasteiger partial charge on any atom is -0.456 e. The Hall–Kier alpha value is -9.52.